The summed E-state index contributed by atoms with van der Waals surface area (Å²) in [5.41, 5.74) is 2.57. The van der Waals surface area contributed by atoms with Gasteiger partial charge in [0.2, 0.25) is 0 Å². The molecule has 10 heteroatoms. The highest BCUT2D eigenvalue weighted by atomic mass is 32.2. The summed E-state index contributed by atoms with van der Waals surface area (Å²) >= 11 is 3.20. The smallest absolute Gasteiger partial charge is 0.261 e. The van der Waals surface area contributed by atoms with Gasteiger partial charge in [0.05, 0.1) is 17.7 Å². The van der Waals surface area contributed by atoms with Gasteiger partial charge in [-0.2, -0.15) is 0 Å². The molecule has 1 aliphatic rings. The Kier molecular flexibility index (Phi) is 6.03. The minimum Gasteiger partial charge on any atom is -0.497 e. The summed E-state index contributed by atoms with van der Waals surface area (Å²) in [6.45, 7) is 0. The number of thioether (sulfide) groups is 1. The third kappa shape index (κ3) is 4.52. The number of nitrogens with zero attached hydrogens (tertiary/aromatic N) is 1. The van der Waals surface area contributed by atoms with Crippen molar-refractivity contribution >= 4 is 49.8 Å². The van der Waals surface area contributed by atoms with E-state index in [9.17, 15) is 13.2 Å². The third-order valence-electron chi connectivity index (χ3n) is 5.17. The molecule has 1 aliphatic heterocycles. The van der Waals surface area contributed by atoms with Crippen molar-refractivity contribution in [3.05, 3.63) is 83.2 Å². The first-order valence-corrected chi connectivity index (χ1v) is 13.5. The van der Waals surface area contributed by atoms with E-state index in [1.165, 1.54) is 41.5 Å². The van der Waals surface area contributed by atoms with Gasteiger partial charge in [0.25, 0.3) is 15.9 Å². The van der Waals surface area contributed by atoms with Crippen LogP contribution in [0.25, 0.3) is 11.3 Å². The first-order chi connectivity index (χ1) is 16.4. The summed E-state index contributed by atoms with van der Waals surface area (Å²) in [4.78, 5) is 19.9. The number of thiazole rings is 1. The summed E-state index contributed by atoms with van der Waals surface area (Å²) in [5.74, 6) is 1.00. The molecule has 172 valence electrons. The summed E-state index contributed by atoms with van der Waals surface area (Å²) in [7, 11) is -2.31. The maximum absolute atomic E-state index is 12.9. The van der Waals surface area contributed by atoms with E-state index in [1.807, 2.05) is 18.2 Å². The summed E-state index contributed by atoms with van der Waals surface area (Å²) < 4.78 is 33.0. The molecule has 0 saturated carbocycles. The molecule has 2 N–H and O–H groups in total. The van der Waals surface area contributed by atoms with Gasteiger partial charge in [-0.15, -0.1) is 23.1 Å². The molecule has 5 rings (SSSR count). The van der Waals surface area contributed by atoms with Crippen molar-refractivity contribution in [2.75, 3.05) is 17.1 Å². The lowest BCUT2D eigenvalue weighted by atomic mass is 10.1. The largest absolute Gasteiger partial charge is 0.497 e. The zero-order chi connectivity index (χ0) is 23.7. The Bertz CT molecular complexity index is 1480. The second kappa shape index (κ2) is 9.13. The zero-order valence-electron chi connectivity index (χ0n) is 17.9. The number of rotatable bonds is 6. The van der Waals surface area contributed by atoms with E-state index >= 15 is 0 Å². The van der Waals surface area contributed by atoms with Gasteiger partial charge < -0.3 is 4.74 Å². The van der Waals surface area contributed by atoms with Crippen molar-refractivity contribution in [1.29, 1.82) is 0 Å². The van der Waals surface area contributed by atoms with E-state index in [4.69, 9.17) is 4.74 Å². The monoisotopic (exact) mass is 509 g/mol. The zero-order valence-corrected chi connectivity index (χ0v) is 20.4. The van der Waals surface area contributed by atoms with E-state index in [2.05, 4.69) is 21.1 Å². The maximum Gasteiger partial charge on any atom is 0.261 e. The average molecular weight is 510 g/mol. The molecule has 0 atom stereocenters. The normalized spacial score (nSPS) is 12.4. The number of carbonyl (C=O) groups excluding carboxylic acids is 1. The number of fused-ring (bicyclic) bond motifs is 3. The molecule has 0 spiro atoms. The number of methoxy groups -OCH3 is 1. The van der Waals surface area contributed by atoms with Gasteiger partial charge >= 0.3 is 0 Å². The van der Waals surface area contributed by atoms with Crippen LogP contribution in [0.3, 0.4) is 0 Å². The fraction of sp³-hybridized carbons (Fsp3) is 0.0833. The van der Waals surface area contributed by atoms with Crippen LogP contribution in [-0.4, -0.2) is 26.4 Å². The second-order valence-corrected chi connectivity index (χ2v) is 11.2. The third-order valence-corrected chi connectivity index (χ3v) is 8.82. The van der Waals surface area contributed by atoms with E-state index in [-0.39, 0.29) is 16.5 Å². The number of benzene rings is 3. The fourth-order valence-corrected chi connectivity index (χ4v) is 6.65. The van der Waals surface area contributed by atoms with Crippen LogP contribution in [0, 0.1) is 0 Å². The van der Waals surface area contributed by atoms with Crippen LogP contribution >= 0.6 is 23.1 Å². The highest BCUT2D eigenvalue weighted by Crippen LogP contribution is 2.44. The lowest BCUT2D eigenvalue weighted by Gasteiger charge is -2.13. The highest BCUT2D eigenvalue weighted by Gasteiger charge is 2.22. The molecule has 0 saturated heterocycles. The van der Waals surface area contributed by atoms with E-state index in [0.717, 1.165) is 21.9 Å². The predicted molar refractivity (Wildman–Crippen MR) is 135 cm³/mol. The molecule has 2 heterocycles. The Morgan fingerprint density at radius 3 is 2.62 bits per heavy atom. The van der Waals surface area contributed by atoms with Crippen LogP contribution in [0.5, 0.6) is 5.75 Å². The second-order valence-electron chi connectivity index (χ2n) is 7.39. The molecule has 34 heavy (non-hydrogen) atoms. The van der Waals surface area contributed by atoms with Crippen LogP contribution < -0.4 is 14.8 Å². The van der Waals surface area contributed by atoms with Crippen molar-refractivity contribution in [3.8, 4) is 17.0 Å². The van der Waals surface area contributed by atoms with E-state index in [1.54, 1.807) is 42.1 Å². The number of sulfonamides is 1. The van der Waals surface area contributed by atoms with Crippen LogP contribution in [-0.2, 0) is 15.8 Å². The molecular weight excluding hydrogens is 490 g/mol. The van der Waals surface area contributed by atoms with Gasteiger partial charge in [-0.05, 0) is 48.5 Å². The number of ether oxygens (including phenoxy) is 1. The Morgan fingerprint density at radius 2 is 1.82 bits per heavy atom. The topological polar surface area (TPSA) is 97.4 Å². The van der Waals surface area contributed by atoms with Crippen LogP contribution in [0.15, 0.2) is 82.6 Å². The lowest BCUT2D eigenvalue weighted by Crippen LogP contribution is -2.15. The number of carbonyl (C=O) groups is 1. The van der Waals surface area contributed by atoms with Gasteiger partial charge in [-0.25, -0.2) is 13.4 Å². The Morgan fingerprint density at radius 1 is 1.03 bits per heavy atom. The number of hydrogen-bond donors (Lipinski definition) is 2. The van der Waals surface area contributed by atoms with Crippen LogP contribution in [0.4, 0.5) is 10.8 Å². The highest BCUT2D eigenvalue weighted by molar-refractivity contribution is 7.98. The fourth-order valence-electron chi connectivity index (χ4n) is 3.51. The Labute approximate surface area is 205 Å². The number of amides is 1. The number of anilines is 2. The molecule has 7 nitrogen and oxygen atoms in total. The van der Waals surface area contributed by atoms with Gasteiger partial charge in [-0.1, -0.05) is 24.3 Å². The number of aromatic nitrogens is 1. The molecular formula is C24H19N3O4S3. The summed E-state index contributed by atoms with van der Waals surface area (Å²) in [5, 5.41) is 3.36. The quantitative estimate of drug-likeness (QED) is 0.357. The predicted octanol–water partition coefficient (Wildman–Crippen LogP) is 5.48. The molecule has 0 aliphatic carbocycles. The van der Waals surface area contributed by atoms with Crippen LogP contribution in [0.2, 0.25) is 0 Å². The maximum atomic E-state index is 12.9. The standard InChI is InChI=1S/C24H19N3O4S3/c1-31-17-9-11-18(12-10-17)34(29,30)27-16-6-4-5-15(13-16)23(28)26-24-25-22-19-7-2-3-8-20(19)32-14-21(22)33-24/h2-13,27H,14H2,1H3,(H,25,26,28). The van der Waals surface area contributed by atoms with E-state index in [0.29, 0.717) is 16.4 Å². The molecule has 4 aromatic rings. The molecule has 0 unspecified atom stereocenters. The first-order valence-electron chi connectivity index (χ1n) is 10.2. The Balaban J connectivity index is 1.33. The summed E-state index contributed by atoms with van der Waals surface area (Å²) in [6.07, 6.45) is 0. The molecule has 1 aromatic heterocycles. The molecule has 0 fully saturated rings. The minimum atomic E-state index is -3.82. The van der Waals surface area contributed by atoms with Gasteiger partial charge in [0.1, 0.15) is 5.75 Å². The first kappa shape index (κ1) is 22.5. The summed E-state index contributed by atoms with van der Waals surface area (Å²) in [6, 6.07) is 20.5. The van der Waals surface area contributed by atoms with Gasteiger partial charge in [0, 0.05) is 32.3 Å². The average Bonchev–Trinajstić information content (AvgIpc) is 3.27. The molecule has 0 bridgehead atoms. The van der Waals surface area contributed by atoms with E-state index < -0.39 is 10.0 Å². The lowest BCUT2D eigenvalue weighted by molar-refractivity contribution is 0.102. The van der Waals surface area contributed by atoms with Crippen LogP contribution in [0.1, 0.15) is 15.2 Å². The SMILES string of the molecule is COc1ccc(S(=O)(=O)Nc2cccc(C(=O)Nc3nc4c(s3)CSc3ccccc3-4)c2)cc1. The van der Waals surface area contributed by atoms with Crippen molar-refractivity contribution in [2.24, 2.45) is 0 Å². The molecule has 3 aromatic carbocycles. The van der Waals surface area contributed by atoms with Crippen molar-refractivity contribution < 1.29 is 17.9 Å². The number of nitrogens with one attached hydrogen (secondary N) is 2. The van der Waals surface area contributed by atoms with Gasteiger partial charge in [0.15, 0.2) is 5.13 Å². The molecule has 0 radical (unpaired) electrons. The van der Waals surface area contributed by atoms with Crippen molar-refractivity contribution in [3.63, 3.8) is 0 Å². The van der Waals surface area contributed by atoms with Crippen molar-refractivity contribution in [2.45, 2.75) is 15.5 Å². The Hall–Kier alpha value is -3.34. The molecule has 1 amide bonds. The number of hydrogen-bond acceptors (Lipinski definition) is 7. The van der Waals surface area contributed by atoms with Gasteiger partial charge in [-0.3, -0.25) is 14.8 Å². The minimum absolute atomic E-state index is 0.0923. The van der Waals surface area contributed by atoms with Crippen molar-refractivity contribution in [1.82, 2.24) is 4.98 Å².